The van der Waals surface area contributed by atoms with Gasteiger partial charge in [0.1, 0.15) is 0 Å². The molecule has 0 radical (unpaired) electrons. The van der Waals surface area contributed by atoms with Crippen LogP contribution < -0.4 is 0 Å². The quantitative estimate of drug-likeness (QED) is 0.584. The Balaban J connectivity index is 2.22. The van der Waals surface area contributed by atoms with Crippen molar-refractivity contribution in [1.82, 2.24) is 4.98 Å². The highest BCUT2D eigenvalue weighted by Gasteiger charge is 2.12. The fourth-order valence-corrected chi connectivity index (χ4v) is 3.13. The number of hydrogen-bond donors (Lipinski definition) is 0. The van der Waals surface area contributed by atoms with Crippen LogP contribution in [0.3, 0.4) is 0 Å². The number of ether oxygens (including phenoxy) is 1. The molecule has 1 aromatic heterocycles. The molecule has 3 aromatic rings. The van der Waals surface area contributed by atoms with Crippen LogP contribution in [0.2, 0.25) is 5.02 Å². The van der Waals surface area contributed by atoms with Crippen LogP contribution in [0, 0.1) is 0 Å². The molecule has 3 rings (SSSR count). The van der Waals surface area contributed by atoms with Crippen LogP contribution in [0.5, 0.6) is 0 Å². The number of esters is 1. The van der Waals surface area contributed by atoms with E-state index in [0.717, 1.165) is 26.4 Å². The molecular weight excluding hydrogens is 366 g/mol. The topological polar surface area (TPSA) is 39.2 Å². The molecule has 110 valence electrons. The maximum absolute atomic E-state index is 11.6. The van der Waals surface area contributed by atoms with Gasteiger partial charge in [-0.15, -0.1) is 0 Å². The van der Waals surface area contributed by atoms with Crippen molar-refractivity contribution < 1.29 is 9.53 Å². The third-order valence-electron chi connectivity index (χ3n) is 3.40. The molecule has 0 amide bonds. The summed E-state index contributed by atoms with van der Waals surface area (Å²) >= 11 is 9.89. The highest BCUT2D eigenvalue weighted by molar-refractivity contribution is 9.10. The molecule has 0 aliphatic carbocycles. The van der Waals surface area contributed by atoms with E-state index in [0.29, 0.717) is 10.6 Å². The fourth-order valence-electron chi connectivity index (χ4n) is 2.37. The molecule has 0 atom stereocenters. The summed E-state index contributed by atoms with van der Waals surface area (Å²) in [6.45, 7) is 0. The first kappa shape index (κ1) is 15.0. The molecule has 2 aromatic carbocycles. The van der Waals surface area contributed by atoms with E-state index in [1.807, 2.05) is 24.3 Å². The fraction of sp³-hybridized carbons (Fsp3) is 0.0588. The summed E-state index contributed by atoms with van der Waals surface area (Å²) in [6.07, 6.45) is 3.55. The van der Waals surface area contributed by atoms with Gasteiger partial charge in [-0.3, -0.25) is 4.98 Å². The molecule has 22 heavy (non-hydrogen) atoms. The second-order valence-electron chi connectivity index (χ2n) is 4.74. The summed E-state index contributed by atoms with van der Waals surface area (Å²) < 4.78 is 5.65. The Morgan fingerprint density at radius 3 is 2.73 bits per heavy atom. The smallest absolute Gasteiger partial charge is 0.337 e. The maximum atomic E-state index is 11.6. The van der Waals surface area contributed by atoms with Gasteiger partial charge in [0.15, 0.2) is 0 Å². The van der Waals surface area contributed by atoms with E-state index in [1.54, 1.807) is 24.5 Å². The van der Waals surface area contributed by atoms with Gasteiger partial charge < -0.3 is 4.74 Å². The first-order chi connectivity index (χ1) is 10.6. The first-order valence-corrected chi connectivity index (χ1v) is 7.69. The number of carbonyl (C=O) groups excluding carboxylic acids is 1. The van der Waals surface area contributed by atoms with Crippen molar-refractivity contribution in [3.05, 3.63) is 63.9 Å². The van der Waals surface area contributed by atoms with Gasteiger partial charge in [-0.1, -0.05) is 33.6 Å². The van der Waals surface area contributed by atoms with Gasteiger partial charge in [0.25, 0.3) is 0 Å². The Morgan fingerprint density at radius 2 is 2.00 bits per heavy atom. The van der Waals surface area contributed by atoms with E-state index < -0.39 is 5.97 Å². The molecule has 0 saturated heterocycles. The Bertz CT molecular complexity index is 880. The average molecular weight is 377 g/mol. The summed E-state index contributed by atoms with van der Waals surface area (Å²) in [5, 5.41) is 2.56. The van der Waals surface area contributed by atoms with Crippen molar-refractivity contribution in [2.45, 2.75) is 0 Å². The molecule has 0 bridgehead atoms. The number of hydrogen-bond acceptors (Lipinski definition) is 3. The second kappa shape index (κ2) is 6.07. The molecule has 5 heteroatoms. The number of aromatic nitrogens is 1. The van der Waals surface area contributed by atoms with Crippen molar-refractivity contribution in [2.24, 2.45) is 0 Å². The summed E-state index contributed by atoms with van der Waals surface area (Å²) in [7, 11) is 1.35. The molecule has 0 N–H and O–H groups in total. The van der Waals surface area contributed by atoms with Gasteiger partial charge >= 0.3 is 5.97 Å². The molecular formula is C17H11BrClNO2. The number of carbonyl (C=O) groups is 1. The monoisotopic (exact) mass is 375 g/mol. The Morgan fingerprint density at radius 1 is 1.18 bits per heavy atom. The second-order valence-corrected chi connectivity index (χ2v) is 6.06. The number of benzene rings is 2. The minimum absolute atomic E-state index is 0.406. The standard InChI is InChI=1S/C17H11BrClNO2/c1-22-17(21)10-2-3-14(16(19)7-10)15-8-12(18)6-11-9-20-5-4-13(11)15/h2-9H,1H3. The number of fused-ring (bicyclic) bond motifs is 1. The Kier molecular flexibility index (Phi) is 4.14. The minimum Gasteiger partial charge on any atom is -0.465 e. The predicted octanol–water partition coefficient (Wildman–Crippen LogP) is 5.10. The maximum Gasteiger partial charge on any atom is 0.337 e. The van der Waals surface area contributed by atoms with Crippen LogP contribution in [0.4, 0.5) is 0 Å². The number of halogens is 2. The summed E-state index contributed by atoms with van der Waals surface area (Å²) in [4.78, 5) is 15.7. The van der Waals surface area contributed by atoms with Crippen molar-refractivity contribution in [3.63, 3.8) is 0 Å². The zero-order chi connectivity index (χ0) is 15.7. The lowest BCUT2D eigenvalue weighted by molar-refractivity contribution is 0.0601. The molecule has 0 aliphatic rings. The van der Waals surface area contributed by atoms with E-state index >= 15 is 0 Å². The van der Waals surface area contributed by atoms with Crippen molar-refractivity contribution >= 4 is 44.3 Å². The van der Waals surface area contributed by atoms with Gasteiger partial charge in [0.2, 0.25) is 0 Å². The van der Waals surface area contributed by atoms with Gasteiger partial charge in [0, 0.05) is 32.8 Å². The van der Waals surface area contributed by atoms with Crippen LogP contribution in [-0.2, 0) is 4.74 Å². The number of pyridine rings is 1. The van der Waals surface area contributed by atoms with Crippen LogP contribution in [0.25, 0.3) is 21.9 Å². The van der Waals surface area contributed by atoms with E-state index in [1.165, 1.54) is 7.11 Å². The number of methoxy groups -OCH3 is 1. The molecule has 0 saturated carbocycles. The number of nitrogens with zero attached hydrogens (tertiary/aromatic N) is 1. The SMILES string of the molecule is COC(=O)c1ccc(-c2cc(Br)cc3cnccc23)c(Cl)c1. The average Bonchev–Trinajstić information content (AvgIpc) is 2.53. The molecule has 0 spiro atoms. The zero-order valence-corrected chi connectivity index (χ0v) is 14.0. The lowest BCUT2D eigenvalue weighted by atomic mass is 9.98. The van der Waals surface area contributed by atoms with Gasteiger partial charge in [-0.05, 0) is 41.3 Å². The lowest BCUT2D eigenvalue weighted by Gasteiger charge is -2.10. The van der Waals surface area contributed by atoms with E-state index in [2.05, 4.69) is 20.9 Å². The summed E-state index contributed by atoms with van der Waals surface area (Å²) in [5.41, 5.74) is 2.26. The number of rotatable bonds is 2. The van der Waals surface area contributed by atoms with Crippen LogP contribution in [0.1, 0.15) is 10.4 Å². The first-order valence-electron chi connectivity index (χ1n) is 6.51. The van der Waals surface area contributed by atoms with E-state index in [-0.39, 0.29) is 0 Å². The van der Waals surface area contributed by atoms with Crippen molar-refractivity contribution in [1.29, 1.82) is 0 Å². The third kappa shape index (κ3) is 2.72. The van der Waals surface area contributed by atoms with E-state index in [9.17, 15) is 4.79 Å². The third-order valence-corrected chi connectivity index (χ3v) is 4.17. The van der Waals surface area contributed by atoms with Gasteiger partial charge in [-0.2, -0.15) is 0 Å². The highest BCUT2D eigenvalue weighted by atomic mass is 79.9. The molecule has 1 heterocycles. The zero-order valence-electron chi connectivity index (χ0n) is 11.6. The van der Waals surface area contributed by atoms with Crippen LogP contribution in [0.15, 0.2) is 53.3 Å². The minimum atomic E-state index is -0.406. The summed E-state index contributed by atoms with van der Waals surface area (Å²) in [5.74, 6) is -0.406. The van der Waals surface area contributed by atoms with Gasteiger partial charge in [-0.25, -0.2) is 4.79 Å². The Hall–Kier alpha value is -1.91. The van der Waals surface area contributed by atoms with Crippen molar-refractivity contribution in [3.8, 4) is 11.1 Å². The Labute approximate surface area is 141 Å². The van der Waals surface area contributed by atoms with Crippen molar-refractivity contribution in [2.75, 3.05) is 7.11 Å². The normalized spacial score (nSPS) is 10.7. The van der Waals surface area contributed by atoms with E-state index in [4.69, 9.17) is 16.3 Å². The highest BCUT2D eigenvalue weighted by Crippen LogP contribution is 2.36. The molecule has 3 nitrogen and oxygen atoms in total. The molecule has 0 aliphatic heterocycles. The largest absolute Gasteiger partial charge is 0.465 e. The summed E-state index contributed by atoms with van der Waals surface area (Å²) in [6, 6.07) is 11.1. The van der Waals surface area contributed by atoms with Crippen LogP contribution in [-0.4, -0.2) is 18.1 Å². The predicted molar refractivity (Wildman–Crippen MR) is 91.2 cm³/mol. The van der Waals surface area contributed by atoms with Gasteiger partial charge in [0.05, 0.1) is 12.7 Å². The molecule has 0 fully saturated rings. The van der Waals surface area contributed by atoms with Crippen LogP contribution >= 0.6 is 27.5 Å². The lowest BCUT2D eigenvalue weighted by Crippen LogP contribution is -2.00. The molecule has 0 unspecified atom stereocenters.